The van der Waals surface area contributed by atoms with E-state index >= 15 is 0 Å². The Morgan fingerprint density at radius 2 is 2.29 bits per heavy atom. The third kappa shape index (κ3) is 1.61. The van der Waals surface area contributed by atoms with Gasteiger partial charge in [-0.2, -0.15) is 5.10 Å². The molecule has 1 aliphatic rings. The van der Waals surface area contributed by atoms with Crippen LogP contribution in [0.2, 0.25) is 0 Å². The zero-order chi connectivity index (χ0) is 10.3. The van der Waals surface area contributed by atoms with E-state index in [1.54, 1.807) is 4.68 Å². The van der Waals surface area contributed by atoms with Gasteiger partial charge in [0.15, 0.2) is 9.84 Å². The molecule has 0 saturated carbocycles. The second-order valence-corrected chi connectivity index (χ2v) is 6.31. The summed E-state index contributed by atoms with van der Waals surface area (Å²) in [6.07, 6.45) is 0.545. The lowest BCUT2D eigenvalue weighted by molar-refractivity contribution is 0.590. The average molecular weight is 279 g/mol. The molecule has 1 aromatic rings. The summed E-state index contributed by atoms with van der Waals surface area (Å²) in [7, 11) is -2.90. The first-order chi connectivity index (χ1) is 6.53. The third-order valence-electron chi connectivity index (χ3n) is 2.38. The van der Waals surface area contributed by atoms with Gasteiger partial charge in [-0.05, 0) is 22.9 Å². The second-order valence-electron chi connectivity index (χ2n) is 3.37. The summed E-state index contributed by atoms with van der Waals surface area (Å²) in [5, 5.41) is 4.34. The van der Waals surface area contributed by atoms with Gasteiger partial charge in [-0.1, -0.05) is 0 Å². The topological polar surface area (TPSA) is 52.0 Å². The number of nitrogens with zero attached hydrogens (tertiary/aromatic N) is 2. The van der Waals surface area contributed by atoms with Crippen LogP contribution in [0.4, 0.5) is 0 Å². The van der Waals surface area contributed by atoms with Crippen molar-refractivity contribution in [3.8, 4) is 0 Å². The molecule has 4 nitrogen and oxygen atoms in total. The van der Waals surface area contributed by atoms with Crippen LogP contribution in [0, 0.1) is 0 Å². The number of rotatable bonds is 1. The van der Waals surface area contributed by atoms with Gasteiger partial charge in [-0.15, -0.1) is 0 Å². The van der Waals surface area contributed by atoms with E-state index < -0.39 is 9.84 Å². The lowest BCUT2D eigenvalue weighted by Crippen LogP contribution is -2.18. The Morgan fingerprint density at radius 1 is 1.57 bits per heavy atom. The first-order valence-electron chi connectivity index (χ1n) is 4.48. The minimum Gasteiger partial charge on any atom is -0.258 e. The van der Waals surface area contributed by atoms with Crippen molar-refractivity contribution in [2.45, 2.75) is 25.6 Å². The van der Waals surface area contributed by atoms with Crippen molar-refractivity contribution in [3.05, 3.63) is 15.9 Å². The minimum atomic E-state index is -2.90. The van der Waals surface area contributed by atoms with Crippen LogP contribution in [-0.2, 0) is 28.6 Å². The molecule has 2 rings (SSSR count). The quantitative estimate of drug-likeness (QED) is 0.774. The van der Waals surface area contributed by atoms with E-state index in [4.69, 9.17) is 0 Å². The minimum absolute atomic E-state index is 0.128. The molecule has 0 bridgehead atoms. The summed E-state index contributed by atoms with van der Waals surface area (Å²) in [5.41, 5.74) is 1.77. The fourth-order valence-electron chi connectivity index (χ4n) is 1.62. The van der Waals surface area contributed by atoms with Crippen molar-refractivity contribution in [2.24, 2.45) is 0 Å². The van der Waals surface area contributed by atoms with Crippen molar-refractivity contribution in [2.75, 3.05) is 5.75 Å². The number of hydrogen-bond donors (Lipinski definition) is 0. The Kier molecular flexibility index (Phi) is 2.43. The highest BCUT2D eigenvalue weighted by molar-refractivity contribution is 9.10. The normalized spacial score (nSPS) is 19.3. The molecule has 0 amide bonds. The van der Waals surface area contributed by atoms with Gasteiger partial charge < -0.3 is 0 Å². The smallest absolute Gasteiger partial charge is 0.155 e. The Bertz CT molecular complexity index is 464. The van der Waals surface area contributed by atoms with Crippen LogP contribution in [0.25, 0.3) is 0 Å². The van der Waals surface area contributed by atoms with Crippen LogP contribution < -0.4 is 0 Å². The molecule has 0 spiro atoms. The molecule has 0 saturated heterocycles. The molecule has 0 aromatic carbocycles. The molecule has 0 unspecified atom stereocenters. The summed E-state index contributed by atoms with van der Waals surface area (Å²) in [4.78, 5) is 0. The van der Waals surface area contributed by atoms with Crippen LogP contribution in [0.1, 0.15) is 18.2 Å². The van der Waals surface area contributed by atoms with Crippen molar-refractivity contribution in [1.29, 1.82) is 0 Å². The summed E-state index contributed by atoms with van der Waals surface area (Å²) in [6, 6.07) is 0. The van der Waals surface area contributed by atoms with E-state index in [1.807, 2.05) is 6.92 Å². The Morgan fingerprint density at radius 3 is 2.93 bits per heavy atom. The molecule has 0 atom stereocenters. The maximum Gasteiger partial charge on any atom is 0.155 e. The van der Waals surface area contributed by atoms with Gasteiger partial charge >= 0.3 is 0 Å². The number of hydrogen-bond acceptors (Lipinski definition) is 3. The molecule has 6 heteroatoms. The second kappa shape index (κ2) is 3.34. The first kappa shape index (κ1) is 10.2. The Labute approximate surface area is 91.4 Å². The van der Waals surface area contributed by atoms with Crippen LogP contribution in [0.3, 0.4) is 0 Å². The van der Waals surface area contributed by atoms with E-state index in [-0.39, 0.29) is 11.5 Å². The zero-order valence-electron chi connectivity index (χ0n) is 7.83. The fraction of sp³-hybridized carbons (Fsp3) is 0.625. The number of aromatic nitrogens is 2. The van der Waals surface area contributed by atoms with Crippen molar-refractivity contribution >= 4 is 25.8 Å². The van der Waals surface area contributed by atoms with Crippen molar-refractivity contribution in [3.63, 3.8) is 0 Å². The predicted octanol–water partition coefficient (Wildman–Crippen LogP) is 1.14. The molecule has 0 N–H and O–H groups in total. The van der Waals surface area contributed by atoms with Crippen LogP contribution in [0.15, 0.2) is 4.60 Å². The summed E-state index contributed by atoms with van der Waals surface area (Å²) < 4.78 is 25.4. The molecule has 14 heavy (non-hydrogen) atoms. The number of fused-ring (bicyclic) bond motifs is 1. The summed E-state index contributed by atoms with van der Waals surface area (Å²) in [5.74, 6) is 0.357. The molecule has 78 valence electrons. The standard InChI is InChI=1S/C8H11BrN2O2S/c1-2-11-8(9)6-5-14(12,13)4-3-7(6)10-11/h2-5H2,1H3. The van der Waals surface area contributed by atoms with Gasteiger partial charge in [0.05, 0.1) is 17.2 Å². The van der Waals surface area contributed by atoms with Gasteiger partial charge in [0.1, 0.15) is 4.60 Å². The average Bonchev–Trinajstić information content (AvgIpc) is 2.42. The van der Waals surface area contributed by atoms with Gasteiger partial charge in [-0.25, -0.2) is 8.42 Å². The Balaban J connectivity index is 2.51. The fourth-order valence-corrected chi connectivity index (χ4v) is 3.90. The molecule has 0 radical (unpaired) electrons. The van der Waals surface area contributed by atoms with Gasteiger partial charge in [0.2, 0.25) is 0 Å². The van der Waals surface area contributed by atoms with Crippen molar-refractivity contribution in [1.82, 2.24) is 9.78 Å². The third-order valence-corrected chi connectivity index (χ3v) is 4.82. The predicted molar refractivity (Wildman–Crippen MR) is 56.8 cm³/mol. The maximum atomic E-state index is 11.4. The van der Waals surface area contributed by atoms with Crippen molar-refractivity contribution < 1.29 is 8.42 Å². The number of aryl methyl sites for hydroxylation is 2. The van der Waals surface area contributed by atoms with Crippen LogP contribution in [-0.4, -0.2) is 24.0 Å². The molecule has 2 heterocycles. The number of halogens is 1. The summed E-state index contributed by atoms with van der Waals surface area (Å²) >= 11 is 3.38. The Hall–Kier alpha value is -0.360. The van der Waals surface area contributed by atoms with Gasteiger partial charge in [0.25, 0.3) is 0 Å². The molecule has 1 aromatic heterocycles. The van der Waals surface area contributed by atoms with E-state index in [0.717, 1.165) is 22.4 Å². The lowest BCUT2D eigenvalue weighted by atomic mass is 10.2. The molecule has 1 aliphatic heterocycles. The van der Waals surface area contributed by atoms with Gasteiger partial charge in [0, 0.05) is 18.5 Å². The molecule has 0 fully saturated rings. The maximum absolute atomic E-state index is 11.4. The largest absolute Gasteiger partial charge is 0.258 e. The molecular formula is C8H11BrN2O2S. The van der Waals surface area contributed by atoms with Gasteiger partial charge in [-0.3, -0.25) is 4.68 Å². The first-order valence-corrected chi connectivity index (χ1v) is 7.09. The van der Waals surface area contributed by atoms with Crippen LogP contribution in [0.5, 0.6) is 0 Å². The van der Waals surface area contributed by atoms with E-state index in [2.05, 4.69) is 21.0 Å². The molecule has 0 aliphatic carbocycles. The summed E-state index contributed by atoms with van der Waals surface area (Å²) in [6.45, 7) is 2.74. The van der Waals surface area contributed by atoms with E-state index in [1.165, 1.54) is 0 Å². The zero-order valence-corrected chi connectivity index (χ0v) is 10.2. The highest BCUT2D eigenvalue weighted by Gasteiger charge is 2.26. The monoisotopic (exact) mass is 278 g/mol. The molecular weight excluding hydrogens is 268 g/mol. The number of sulfone groups is 1. The van der Waals surface area contributed by atoms with Crippen LogP contribution >= 0.6 is 15.9 Å². The lowest BCUT2D eigenvalue weighted by Gasteiger charge is -2.10. The highest BCUT2D eigenvalue weighted by Crippen LogP contribution is 2.27. The SMILES string of the molecule is CCn1nc2c(c1Br)CS(=O)(=O)CC2. The van der Waals surface area contributed by atoms with E-state index in [0.29, 0.717) is 6.42 Å². The van der Waals surface area contributed by atoms with E-state index in [9.17, 15) is 8.42 Å². The highest BCUT2D eigenvalue weighted by atomic mass is 79.9.